The van der Waals surface area contributed by atoms with Gasteiger partial charge in [-0.3, -0.25) is 4.79 Å². The Bertz CT molecular complexity index is 1300. The lowest BCUT2D eigenvalue weighted by molar-refractivity contribution is 0.0923. The van der Waals surface area contributed by atoms with Gasteiger partial charge in [-0.05, 0) is 18.2 Å². The highest BCUT2D eigenvalue weighted by molar-refractivity contribution is 7.89. The molecule has 4 rings (SSSR count). The number of carbonyl (C=O) groups is 1. The monoisotopic (exact) mass is 397 g/mol. The molecule has 0 unspecified atom stereocenters. The molecule has 144 valence electrons. The van der Waals surface area contributed by atoms with Crippen LogP contribution in [0.5, 0.6) is 0 Å². The van der Waals surface area contributed by atoms with Crippen LogP contribution in [0.3, 0.4) is 0 Å². The number of aryl methyl sites for hydroxylation is 1. The third-order valence-electron chi connectivity index (χ3n) is 4.60. The molecule has 0 fully saturated rings. The number of rotatable bonds is 5. The van der Waals surface area contributed by atoms with Crippen LogP contribution in [-0.4, -0.2) is 30.1 Å². The molecule has 0 aliphatic carbocycles. The van der Waals surface area contributed by atoms with E-state index in [1.807, 2.05) is 35.9 Å². The van der Waals surface area contributed by atoms with Gasteiger partial charge < -0.3 is 14.3 Å². The smallest absolute Gasteiger partial charge is 0.287 e. The second-order valence-electron chi connectivity index (χ2n) is 6.73. The number of nitrogens with one attached hydrogen (secondary N) is 1. The average molecular weight is 397 g/mol. The summed E-state index contributed by atoms with van der Waals surface area (Å²) in [6, 6.07) is 14.7. The zero-order chi connectivity index (χ0) is 19.9. The summed E-state index contributed by atoms with van der Waals surface area (Å²) in [5.74, 6) is -0.0263. The van der Waals surface area contributed by atoms with Crippen LogP contribution in [0, 0.1) is 0 Å². The third-order valence-corrected chi connectivity index (χ3v) is 5.41. The summed E-state index contributed by atoms with van der Waals surface area (Å²) in [6.45, 7) is 0.194. The molecule has 0 aliphatic rings. The second-order valence-corrected chi connectivity index (χ2v) is 8.87. The Morgan fingerprint density at radius 1 is 1.14 bits per heavy atom. The van der Waals surface area contributed by atoms with Gasteiger partial charge in [0.2, 0.25) is 0 Å². The number of amides is 1. The van der Waals surface area contributed by atoms with Crippen molar-refractivity contribution in [2.75, 3.05) is 6.26 Å². The molecular formula is C20H19N3O4S. The van der Waals surface area contributed by atoms with E-state index in [9.17, 15) is 13.2 Å². The highest BCUT2D eigenvalue weighted by atomic mass is 32.2. The predicted molar refractivity (Wildman–Crippen MR) is 107 cm³/mol. The van der Waals surface area contributed by atoms with Crippen molar-refractivity contribution in [3.05, 3.63) is 65.7 Å². The number of sulfone groups is 1. The maximum absolute atomic E-state index is 12.8. The number of imidazole rings is 1. The largest absolute Gasteiger partial charge is 0.451 e. The van der Waals surface area contributed by atoms with Crippen LogP contribution in [0.25, 0.3) is 22.0 Å². The van der Waals surface area contributed by atoms with Crippen LogP contribution >= 0.6 is 0 Å². The first kappa shape index (κ1) is 18.2. The molecule has 28 heavy (non-hydrogen) atoms. The molecule has 0 bridgehead atoms. The molecule has 2 aromatic heterocycles. The summed E-state index contributed by atoms with van der Waals surface area (Å²) < 4.78 is 31.3. The minimum Gasteiger partial charge on any atom is -0.451 e. The predicted octanol–water partition coefficient (Wildman–Crippen LogP) is 2.79. The molecule has 1 N–H and O–H groups in total. The Morgan fingerprint density at radius 2 is 1.86 bits per heavy atom. The van der Waals surface area contributed by atoms with Gasteiger partial charge in [0.25, 0.3) is 5.91 Å². The summed E-state index contributed by atoms with van der Waals surface area (Å²) in [7, 11) is -1.46. The van der Waals surface area contributed by atoms with Crippen molar-refractivity contribution in [1.29, 1.82) is 0 Å². The first-order valence-electron chi connectivity index (χ1n) is 8.70. The normalized spacial score (nSPS) is 11.9. The van der Waals surface area contributed by atoms with E-state index in [-0.39, 0.29) is 18.1 Å². The molecule has 0 aliphatic heterocycles. The number of fused-ring (bicyclic) bond motifs is 2. The number of furan rings is 1. The number of carbonyl (C=O) groups excluding carboxylic acids is 1. The molecule has 1 amide bonds. The fourth-order valence-corrected chi connectivity index (χ4v) is 4.09. The first-order chi connectivity index (χ1) is 13.3. The standard InChI is InChI=1S/C20H19N3O4S/c1-23-16-9-5-4-8-15(16)22-18(23)11-21-20(24)19-14(12-28(2,25)26)13-7-3-6-10-17(13)27-19/h3-10H,11-12H2,1-2H3,(H,21,24). The number of aromatic nitrogens is 2. The lowest BCUT2D eigenvalue weighted by Gasteiger charge is -2.06. The van der Waals surface area contributed by atoms with Crippen LogP contribution in [0.2, 0.25) is 0 Å². The Hall–Kier alpha value is -3.13. The van der Waals surface area contributed by atoms with Crippen molar-refractivity contribution in [2.45, 2.75) is 12.3 Å². The van der Waals surface area contributed by atoms with Gasteiger partial charge in [0.05, 0.1) is 23.3 Å². The van der Waals surface area contributed by atoms with Crippen LogP contribution in [0.15, 0.2) is 52.9 Å². The maximum atomic E-state index is 12.8. The molecule has 4 aromatic rings. The molecule has 0 radical (unpaired) electrons. The summed E-state index contributed by atoms with van der Waals surface area (Å²) in [5.41, 5.74) is 2.67. The fraction of sp³-hybridized carbons (Fsp3) is 0.200. The van der Waals surface area contributed by atoms with Gasteiger partial charge in [0.1, 0.15) is 11.4 Å². The van der Waals surface area contributed by atoms with Crippen molar-refractivity contribution in [3.63, 3.8) is 0 Å². The Kier molecular flexibility index (Phi) is 4.43. The SMILES string of the molecule is Cn1c(CNC(=O)c2oc3ccccc3c2CS(C)(=O)=O)nc2ccccc21. The summed E-state index contributed by atoms with van der Waals surface area (Å²) in [5, 5.41) is 3.42. The highest BCUT2D eigenvalue weighted by Gasteiger charge is 2.23. The van der Waals surface area contributed by atoms with Crippen LogP contribution < -0.4 is 5.32 Å². The lowest BCUT2D eigenvalue weighted by Crippen LogP contribution is -2.25. The van der Waals surface area contributed by atoms with Crippen LogP contribution in [-0.2, 0) is 29.2 Å². The van der Waals surface area contributed by atoms with Gasteiger partial charge in [0, 0.05) is 24.3 Å². The summed E-state index contributed by atoms with van der Waals surface area (Å²) in [4.78, 5) is 17.3. The highest BCUT2D eigenvalue weighted by Crippen LogP contribution is 2.27. The molecule has 0 saturated heterocycles. The fourth-order valence-electron chi connectivity index (χ4n) is 3.28. The van der Waals surface area contributed by atoms with Crippen molar-refractivity contribution in [2.24, 2.45) is 7.05 Å². The van der Waals surface area contributed by atoms with Gasteiger partial charge in [-0.2, -0.15) is 0 Å². The average Bonchev–Trinajstić information content (AvgIpc) is 3.17. The van der Waals surface area contributed by atoms with E-state index in [1.165, 1.54) is 0 Å². The third kappa shape index (κ3) is 3.38. The molecule has 0 spiro atoms. The molecular weight excluding hydrogens is 378 g/mol. The van der Waals surface area contributed by atoms with Crippen LogP contribution in [0.1, 0.15) is 21.9 Å². The number of nitrogens with zero attached hydrogens (tertiary/aromatic N) is 2. The number of para-hydroxylation sites is 3. The van der Waals surface area contributed by atoms with E-state index in [1.54, 1.807) is 24.3 Å². The van der Waals surface area contributed by atoms with Gasteiger partial charge >= 0.3 is 0 Å². The second kappa shape index (κ2) is 6.79. The van der Waals surface area contributed by atoms with E-state index in [4.69, 9.17) is 4.42 Å². The lowest BCUT2D eigenvalue weighted by atomic mass is 10.1. The molecule has 2 heterocycles. The number of hydrogen-bond acceptors (Lipinski definition) is 5. The van der Waals surface area contributed by atoms with Crippen molar-refractivity contribution in [3.8, 4) is 0 Å². The molecule has 2 aromatic carbocycles. The minimum atomic E-state index is -3.34. The zero-order valence-corrected chi connectivity index (χ0v) is 16.3. The maximum Gasteiger partial charge on any atom is 0.287 e. The van der Waals surface area contributed by atoms with E-state index in [0.717, 1.165) is 17.3 Å². The summed E-state index contributed by atoms with van der Waals surface area (Å²) in [6.07, 6.45) is 1.13. The van der Waals surface area contributed by atoms with E-state index < -0.39 is 15.7 Å². The number of benzene rings is 2. The Morgan fingerprint density at radius 3 is 2.61 bits per heavy atom. The van der Waals surface area contributed by atoms with Crippen LogP contribution in [0.4, 0.5) is 0 Å². The Balaban J connectivity index is 1.65. The molecule has 0 saturated carbocycles. The van der Waals surface area contributed by atoms with E-state index in [2.05, 4.69) is 10.3 Å². The zero-order valence-electron chi connectivity index (χ0n) is 15.5. The molecule has 8 heteroatoms. The molecule has 0 atom stereocenters. The van der Waals surface area contributed by atoms with Gasteiger partial charge in [-0.25, -0.2) is 13.4 Å². The quantitative estimate of drug-likeness (QED) is 0.559. The number of hydrogen-bond donors (Lipinski definition) is 1. The Labute approximate surface area is 161 Å². The van der Waals surface area contributed by atoms with Crippen molar-refractivity contribution in [1.82, 2.24) is 14.9 Å². The minimum absolute atomic E-state index is 0.0189. The van der Waals surface area contributed by atoms with Gasteiger partial charge in [-0.1, -0.05) is 30.3 Å². The van der Waals surface area contributed by atoms with Gasteiger partial charge in [-0.15, -0.1) is 0 Å². The van der Waals surface area contributed by atoms with Crippen molar-refractivity contribution >= 4 is 37.7 Å². The summed E-state index contributed by atoms with van der Waals surface area (Å²) >= 11 is 0. The van der Waals surface area contributed by atoms with E-state index >= 15 is 0 Å². The van der Waals surface area contributed by atoms with Gasteiger partial charge in [0.15, 0.2) is 15.6 Å². The topological polar surface area (TPSA) is 94.2 Å². The van der Waals surface area contributed by atoms with E-state index in [0.29, 0.717) is 22.4 Å². The molecule has 7 nitrogen and oxygen atoms in total. The van der Waals surface area contributed by atoms with Crippen molar-refractivity contribution < 1.29 is 17.6 Å². The first-order valence-corrected chi connectivity index (χ1v) is 10.8.